The zero-order valence-corrected chi connectivity index (χ0v) is 25.9. The third-order valence-corrected chi connectivity index (χ3v) is 6.74. The van der Waals surface area contributed by atoms with E-state index in [2.05, 4.69) is 17.6 Å². The van der Waals surface area contributed by atoms with Gasteiger partial charge in [0.1, 0.15) is 17.7 Å². The van der Waals surface area contributed by atoms with E-state index in [1.807, 2.05) is 64.1 Å². The Morgan fingerprint density at radius 2 is 1.48 bits per heavy atom. The fourth-order valence-corrected chi connectivity index (χ4v) is 4.89. The van der Waals surface area contributed by atoms with Crippen LogP contribution in [0.25, 0.3) is 0 Å². The SMILES string of the molecule is CCCCCCCN(C(=O)C(C)NC(=O)OC(C)(C)C)C(C(=O)Nc1c(C)cccc1C)c1cc(C)cc(C)c1. The van der Waals surface area contributed by atoms with Crippen molar-refractivity contribution in [2.24, 2.45) is 0 Å². The molecule has 2 atom stereocenters. The van der Waals surface area contributed by atoms with Gasteiger partial charge in [0, 0.05) is 12.2 Å². The number of carbonyl (C=O) groups is 3. The molecular formula is C33H49N3O4. The first-order valence-electron chi connectivity index (χ1n) is 14.5. The number of ether oxygens (including phenoxy) is 1. The van der Waals surface area contributed by atoms with Crippen molar-refractivity contribution in [1.29, 1.82) is 0 Å². The van der Waals surface area contributed by atoms with Crippen LogP contribution >= 0.6 is 0 Å². The van der Waals surface area contributed by atoms with Gasteiger partial charge >= 0.3 is 6.09 Å². The summed E-state index contributed by atoms with van der Waals surface area (Å²) in [6.45, 7) is 17.4. The number of amides is 3. The monoisotopic (exact) mass is 551 g/mol. The lowest BCUT2D eigenvalue weighted by molar-refractivity contribution is -0.140. The van der Waals surface area contributed by atoms with Crippen LogP contribution in [0.1, 0.15) is 101 Å². The molecule has 0 saturated carbocycles. The van der Waals surface area contributed by atoms with Gasteiger partial charge in [-0.3, -0.25) is 9.59 Å². The molecule has 0 heterocycles. The van der Waals surface area contributed by atoms with Crippen molar-refractivity contribution < 1.29 is 19.1 Å². The fourth-order valence-electron chi connectivity index (χ4n) is 4.89. The second kappa shape index (κ2) is 14.9. The maximum absolute atomic E-state index is 14.1. The second-order valence-electron chi connectivity index (χ2n) is 11.9. The molecule has 2 aromatic rings. The number of benzene rings is 2. The molecule has 2 N–H and O–H groups in total. The lowest BCUT2D eigenvalue weighted by Gasteiger charge is -2.34. The Balaban J connectivity index is 2.51. The summed E-state index contributed by atoms with van der Waals surface area (Å²) in [6.07, 6.45) is 4.33. The number of hydrogen-bond acceptors (Lipinski definition) is 4. The van der Waals surface area contributed by atoms with Gasteiger partial charge in [0.05, 0.1) is 0 Å². The van der Waals surface area contributed by atoms with E-state index >= 15 is 0 Å². The number of nitrogens with one attached hydrogen (secondary N) is 2. The number of alkyl carbamates (subject to hydrolysis) is 1. The van der Waals surface area contributed by atoms with Gasteiger partial charge in [-0.1, -0.05) is 80.1 Å². The highest BCUT2D eigenvalue weighted by Crippen LogP contribution is 2.29. The van der Waals surface area contributed by atoms with E-state index in [1.165, 1.54) is 0 Å². The Labute approximate surface area is 241 Å². The van der Waals surface area contributed by atoms with Crippen LogP contribution in [0.5, 0.6) is 0 Å². The smallest absolute Gasteiger partial charge is 0.408 e. The number of aryl methyl sites for hydroxylation is 4. The highest BCUT2D eigenvalue weighted by Gasteiger charge is 2.35. The van der Waals surface area contributed by atoms with E-state index in [-0.39, 0.29) is 11.8 Å². The molecule has 3 amide bonds. The zero-order chi connectivity index (χ0) is 30.0. The minimum absolute atomic E-state index is 0.284. The van der Waals surface area contributed by atoms with Crippen molar-refractivity contribution in [3.63, 3.8) is 0 Å². The third-order valence-electron chi connectivity index (χ3n) is 6.74. The molecule has 2 rings (SSSR count). The maximum Gasteiger partial charge on any atom is 0.408 e. The second-order valence-corrected chi connectivity index (χ2v) is 11.9. The molecule has 40 heavy (non-hydrogen) atoms. The van der Waals surface area contributed by atoms with Crippen molar-refractivity contribution in [2.75, 3.05) is 11.9 Å². The van der Waals surface area contributed by atoms with Gasteiger partial charge in [0.2, 0.25) is 5.91 Å². The quantitative estimate of drug-likeness (QED) is 0.271. The number of para-hydroxylation sites is 1. The molecule has 2 aromatic carbocycles. The van der Waals surface area contributed by atoms with Crippen molar-refractivity contribution in [1.82, 2.24) is 10.2 Å². The summed E-state index contributed by atoms with van der Waals surface area (Å²) in [7, 11) is 0. The predicted molar refractivity (Wildman–Crippen MR) is 163 cm³/mol. The van der Waals surface area contributed by atoms with Crippen molar-refractivity contribution in [3.05, 3.63) is 64.2 Å². The fraction of sp³-hybridized carbons (Fsp3) is 0.545. The predicted octanol–water partition coefficient (Wildman–Crippen LogP) is 7.31. The maximum atomic E-state index is 14.1. The van der Waals surface area contributed by atoms with Gasteiger partial charge in [-0.25, -0.2) is 4.79 Å². The van der Waals surface area contributed by atoms with Crippen molar-refractivity contribution >= 4 is 23.6 Å². The summed E-state index contributed by atoms with van der Waals surface area (Å²) in [6, 6.07) is 10.1. The number of unbranched alkanes of at least 4 members (excludes halogenated alkanes) is 4. The van der Waals surface area contributed by atoms with Crippen LogP contribution in [0.3, 0.4) is 0 Å². The van der Waals surface area contributed by atoms with Crippen molar-refractivity contribution in [3.8, 4) is 0 Å². The largest absolute Gasteiger partial charge is 0.444 e. The summed E-state index contributed by atoms with van der Waals surface area (Å²) < 4.78 is 5.39. The summed E-state index contributed by atoms with van der Waals surface area (Å²) >= 11 is 0. The molecule has 0 aromatic heterocycles. The molecule has 0 radical (unpaired) electrons. The lowest BCUT2D eigenvalue weighted by Crippen LogP contribution is -2.51. The highest BCUT2D eigenvalue weighted by molar-refractivity contribution is 5.99. The van der Waals surface area contributed by atoms with Gasteiger partial charge in [-0.15, -0.1) is 0 Å². The van der Waals surface area contributed by atoms with Gasteiger partial charge in [0.15, 0.2) is 0 Å². The van der Waals surface area contributed by atoms with Crippen LogP contribution in [0.15, 0.2) is 36.4 Å². The number of carbonyl (C=O) groups excluding carboxylic acids is 3. The first-order chi connectivity index (χ1) is 18.7. The first-order valence-corrected chi connectivity index (χ1v) is 14.5. The molecule has 0 saturated heterocycles. The Hall–Kier alpha value is -3.35. The van der Waals surface area contributed by atoms with Gasteiger partial charge in [0.25, 0.3) is 5.91 Å². The number of nitrogens with zero attached hydrogens (tertiary/aromatic N) is 1. The van der Waals surface area contributed by atoms with Crippen LogP contribution in [0.2, 0.25) is 0 Å². The molecule has 7 heteroatoms. The molecule has 2 unspecified atom stereocenters. The number of rotatable bonds is 12. The molecular weight excluding hydrogens is 502 g/mol. The summed E-state index contributed by atoms with van der Waals surface area (Å²) in [5.41, 5.74) is 4.71. The summed E-state index contributed by atoms with van der Waals surface area (Å²) in [5.74, 6) is -0.615. The normalized spacial score (nSPS) is 12.8. The molecule has 0 aliphatic carbocycles. The Bertz CT molecular complexity index is 1130. The molecule has 0 fully saturated rings. The van der Waals surface area contributed by atoms with Gasteiger partial charge < -0.3 is 20.3 Å². The first kappa shape index (κ1) is 32.9. The van der Waals surface area contributed by atoms with E-state index in [4.69, 9.17) is 4.74 Å². The van der Waals surface area contributed by atoms with Crippen molar-refractivity contribution in [2.45, 2.75) is 112 Å². The molecule has 0 bridgehead atoms. The Morgan fingerprint density at radius 3 is 2.02 bits per heavy atom. The summed E-state index contributed by atoms with van der Waals surface area (Å²) in [5, 5.41) is 5.81. The van der Waals surface area contributed by atoms with E-state index < -0.39 is 23.8 Å². The summed E-state index contributed by atoms with van der Waals surface area (Å²) in [4.78, 5) is 42.3. The van der Waals surface area contributed by atoms with E-state index in [9.17, 15) is 14.4 Å². The van der Waals surface area contributed by atoms with Crippen LogP contribution in [0.4, 0.5) is 10.5 Å². The van der Waals surface area contributed by atoms with Crippen LogP contribution < -0.4 is 10.6 Å². The number of anilines is 1. The topological polar surface area (TPSA) is 87.7 Å². The molecule has 220 valence electrons. The van der Waals surface area contributed by atoms with Crippen LogP contribution in [-0.2, 0) is 14.3 Å². The minimum Gasteiger partial charge on any atom is -0.444 e. The molecule has 0 aliphatic heterocycles. The highest BCUT2D eigenvalue weighted by atomic mass is 16.6. The Kier molecular flexibility index (Phi) is 12.2. The lowest BCUT2D eigenvalue weighted by atomic mass is 9.97. The van der Waals surface area contributed by atoms with E-state index in [0.717, 1.165) is 65.6 Å². The van der Waals surface area contributed by atoms with E-state index in [1.54, 1.807) is 32.6 Å². The van der Waals surface area contributed by atoms with Crippen LogP contribution in [-0.4, -0.2) is 41.0 Å². The third kappa shape index (κ3) is 10.00. The number of hydrogen-bond donors (Lipinski definition) is 2. The average Bonchev–Trinajstić information content (AvgIpc) is 2.83. The minimum atomic E-state index is -0.883. The zero-order valence-electron chi connectivity index (χ0n) is 25.9. The van der Waals surface area contributed by atoms with Crippen LogP contribution in [0, 0.1) is 27.7 Å². The van der Waals surface area contributed by atoms with Gasteiger partial charge in [-0.2, -0.15) is 0 Å². The molecule has 7 nitrogen and oxygen atoms in total. The average molecular weight is 552 g/mol. The molecule has 0 aliphatic rings. The van der Waals surface area contributed by atoms with Gasteiger partial charge in [-0.05, 0) is 78.5 Å². The van der Waals surface area contributed by atoms with E-state index in [0.29, 0.717) is 6.54 Å². The molecule has 0 spiro atoms. The standard InChI is InChI=1S/C33H49N3O4/c1-10-11-12-13-14-18-36(31(38)26(6)34-32(39)40-33(7,8)9)29(27-20-22(2)19-23(3)21-27)30(37)35-28-24(4)16-15-17-25(28)5/h15-17,19-21,26,29H,10-14,18H2,1-9H3,(H,34,39)(H,35,37). The Morgan fingerprint density at radius 1 is 0.900 bits per heavy atom.